The molecule has 7 nitrogen and oxygen atoms in total. The third kappa shape index (κ3) is 3.69. The van der Waals surface area contributed by atoms with Gasteiger partial charge in [0, 0.05) is 49.7 Å². The highest BCUT2D eigenvalue weighted by atomic mass is 35.5. The van der Waals surface area contributed by atoms with Crippen molar-refractivity contribution in [2.75, 3.05) is 56.6 Å². The molecule has 2 N–H and O–H groups in total. The lowest BCUT2D eigenvalue weighted by Crippen LogP contribution is -2.58. The fourth-order valence-electron chi connectivity index (χ4n) is 5.98. The number of hydrogen-bond acceptors (Lipinski definition) is 7. The van der Waals surface area contributed by atoms with Crippen molar-refractivity contribution < 1.29 is 9.50 Å². The average molecular weight is 533 g/mol. The van der Waals surface area contributed by atoms with Crippen molar-refractivity contribution in [3.05, 3.63) is 53.3 Å². The lowest BCUT2D eigenvalue weighted by Gasteiger charge is -2.43. The lowest BCUT2D eigenvalue weighted by atomic mass is 9.96. The number of halogens is 2. The molecular formula is C29H30ClFN6O. The summed E-state index contributed by atoms with van der Waals surface area (Å²) in [7, 11) is 4.14. The molecule has 2 aliphatic heterocycles. The van der Waals surface area contributed by atoms with Gasteiger partial charge in [-0.2, -0.15) is 4.98 Å². The second kappa shape index (κ2) is 8.66. The van der Waals surface area contributed by atoms with Gasteiger partial charge in [-0.1, -0.05) is 35.9 Å². The maximum Gasteiger partial charge on any atom is 0.228 e. The number of nitrogens with zero attached hydrogens (tertiary/aromatic N) is 5. The van der Waals surface area contributed by atoms with Crippen molar-refractivity contribution in [1.82, 2.24) is 20.2 Å². The van der Waals surface area contributed by atoms with E-state index in [1.54, 1.807) is 12.1 Å². The minimum absolute atomic E-state index is 0.0148. The van der Waals surface area contributed by atoms with Crippen molar-refractivity contribution in [2.45, 2.75) is 24.4 Å². The van der Waals surface area contributed by atoms with Gasteiger partial charge in [-0.15, -0.1) is 0 Å². The predicted octanol–water partition coefficient (Wildman–Crippen LogP) is 4.64. The molecular weight excluding hydrogens is 503 g/mol. The molecule has 0 radical (unpaired) electrons. The fraction of sp³-hybridized carbons (Fsp3) is 0.379. The molecule has 38 heavy (non-hydrogen) atoms. The molecule has 0 atom stereocenters. The van der Waals surface area contributed by atoms with Crippen molar-refractivity contribution >= 4 is 45.0 Å². The standard InChI is InChI=1S/C29H30ClFN6O/c1-35(2)18-14-36(15-18)28-33-26-22(27(34-28)37-10-9-32-16-29(37)7-8-29)13-23(30)24(25(26)31)21-12-19(38)11-17-5-3-4-6-20(17)21/h3-6,11-13,18,32,38H,7-10,14-16H2,1-2H3. The third-order valence-corrected chi connectivity index (χ3v) is 8.76. The Bertz CT molecular complexity index is 1580. The zero-order valence-corrected chi connectivity index (χ0v) is 22.3. The highest BCUT2D eigenvalue weighted by Crippen LogP contribution is 2.48. The van der Waals surface area contributed by atoms with E-state index < -0.39 is 5.82 Å². The van der Waals surface area contributed by atoms with E-state index >= 15 is 4.39 Å². The molecule has 4 aromatic rings. The van der Waals surface area contributed by atoms with Crippen molar-refractivity contribution in [2.24, 2.45) is 0 Å². The number of anilines is 2. The highest BCUT2D eigenvalue weighted by Gasteiger charge is 2.50. The van der Waals surface area contributed by atoms with Gasteiger partial charge in [0.2, 0.25) is 5.95 Å². The normalized spacial score (nSPS) is 19.1. The van der Waals surface area contributed by atoms with Crippen LogP contribution in [-0.4, -0.2) is 78.4 Å². The van der Waals surface area contributed by atoms with Crippen molar-refractivity contribution in [3.63, 3.8) is 0 Å². The van der Waals surface area contributed by atoms with Crippen LogP contribution in [0.4, 0.5) is 16.2 Å². The van der Waals surface area contributed by atoms with E-state index in [-0.39, 0.29) is 27.4 Å². The summed E-state index contributed by atoms with van der Waals surface area (Å²) < 4.78 is 16.7. The Morgan fingerprint density at radius 1 is 1.11 bits per heavy atom. The number of hydrogen-bond donors (Lipinski definition) is 2. The van der Waals surface area contributed by atoms with Crippen LogP contribution in [0.2, 0.25) is 5.02 Å². The van der Waals surface area contributed by atoms with Crippen molar-refractivity contribution in [1.29, 1.82) is 0 Å². The number of phenols is 1. The quantitative estimate of drug-likeness (QED) is 0.397. The van der Waals surface area contributed by atoms with Crippen LogP contribution >= 0.6 is 11.6 Å². The molecule has 196 valence electrons. The van der Waals surface area contributed by atoms with E-state index in [2.05, 4.69) is 34.1 Å². The van der Waals surface area contributed by atoms with Gasteiger partial charge in [-0.05, 0) is 61.5 Å². The first-order valence-corrected chi connectivity index (χ1v) is 13.5. The molecule has 2 saturated heterocycles. The van der Waals surface area contributed by atoms with Gasteiger partial charge in [0.25, 0.3) is 0 Å². The largest absolute Gasteiger partial charge is 0.508 e. The van der Waals surface area contributed by atoms with Gasteiger partial charge >= 0.3 is 0 Å². The van der Waals surface area contributed by atoms with Gasteiger partial charge in [0.1, 0.15) is 17.1 Å². The molecule has 0 bridgehead atoms. The summed E-state index contributed by atoms with van der Waals surface area (Å²) in [6.45, 7) is 4.13. The molecule has 3 aromatic carbocycles. The van der Waals surface area contributed by atoms with Gasteiger partial charge < -0.3 is 25.1 Å². The molecule has 9 heteroatoms. The number of aromatic hydroxyl groups is 1. The van der Waals surface area contributed by atoms with Crippen LogP contribution in [0, 0.1) is 5.82 Å². The summed E-state index contributed by atoms with van der Waals surface area (Å²) >= 11 is 6.86. The van der Waals surface area contributed by atoms with Gasteiger partial charge in [0.05, 0.1) is 10.6 Å². The topological polar surface area (TPSA) is 67.8 Å². The van der Waals surface area contributed by atoms with Crippen molar-refractivity contribution in [3.8, 4) is 16.9 Å². The van der Waals surface area contributed by atoms with Gasteiger partial charge in [0.15, 0.2) is 5.82 Å². The first-order valence-electron chi connectivity index (χ1n) is 13.2. The van der Waals surface area contributed by atoms with E-state index in [0.29, 0.717) is 22.9 Å². The zero-order valence-electron chi connectivity index (χ0n) is 21.5. The minimum atomic E-state index is -0.488. The molecule has 3 heterocycles. The Balaban J connectivity index is 1.45. The molecule has 1 aliphatic carbocycles. The number of nitrogens with one attached hydrogen (secondary N) is 1. The Kier molecular flexibility index (Phi) is 5.44. The summed E-state index contributed by atoms with van der Waals surface area (Å²) in [5, 5.41) is 16.5. The molecule has 1 spiro atoms. The number of phenolic OH excluding ortho intramolecular Hbond substituents is 1. The fourth-order valence-corrected chi connectivity index (χ4v) is 6.27. The molecule has 0 unspecified atom stereocenters. The highest BCUT2D eigenvalue weighted by molar-refractivity contribution is 6.35. The summed E-state index contributed by atoms with van der Waals surface area (Å²) in [5.41, 5.74) is 1.07. The molecule has 3 aliphatic rings. The minimum Gasteiger partial charge on any atom is -0.508 e. The van der Waals surface area contributed by atoms with E-state index in [4.69, 9.17) is 21.6 Å². The number of rotatable bonds is 4. The van der Waals surface area contributed by atoms with Crippen LogP contribution in [0.25, 0.3) is 32.8 Å². The second-order valence-electron chi connectivity index (χ2n) is 11.1. The number of fused-ring (bicyclic) bond motifs is 2. The van der Waals surface area contributed by atoms with E-state index in [0.717, 1.165) is 62.2 Å². The number of aromatic nitrogens is 2. The SMILES string of the molecule is CN(C)C1CN(c2nc(N3CCNCC34CC4)c3cc(Cl)c(-c4cc(O)cc5ccccc45)c(F)c3n2)C1. The monoisotopic (exact) mass is 532 g/mol. The number of piperazine rings is 1. The maximum absolute atomic E-state index is 16.7. The van der Waals surface area contributed by atoms with Crippen LogP contribution in [0.15, 0.2) is 42.5 Å². The Labute approximate surface area is 225 Å². The Morgan fingerprint density at radius 3 is 2.66 bits per heavy atom. The van der Waals surface area contributed by atoms with Crippen LogP contribution in [0.5, 0.6) is 5.75 Å². The average Bonchev–Trinajstić information content (AvgIpc) is 3.62. The Morgan fingerprint density at radius 2 is 1.89 bits per heavy atom. The van der Waals surface area contributed by atoms with Gasteiger partial charge in [-0.3, -0.25) is 0 Å². The second-order valence-corrected chi connectivity index (χ2v) is 11.5. The molecule has 1 saturated carbocycles. The third-order valence-electron chi connectivity index (χ3n) is 8.46. The number of benzene rings is 3. The first kappa shape index (κ1) is 23.9. The van der Waals surface area contributed by atoms with Gasteiger partial charge in [-0.25, -0.2) is 9.37 Å². The molecule has 1 aromatic heterocycles. The van der Waals surface area contributed by atoms with Crippen LogP contribution in [0.1, 0.15) is 12.8 Å². The smallest absolute Gasteiger partial charge is 0.228 e. The molecule has 3 fully saturated rings. The first-order chi connectivity index (χ1) is 18.3. The van der Waals surface area contributed by atoms with Crippen LogP contribution < -0.4 is 15.1 Å². The Hall–Kier alpha value is -3.20. The van der Waals surface area contributed by atoms with Crippen LogP contribution in [-0.2, 0) is 0 Å². The van der Waals surface area contributed by atoms with E-state index in [1.165, 1.54) is 0 Å². The zero-order chi connectivity index (χ0) is 26.2. The maximum atomic E-state index is 16.7. The van der Waals surface area contributed by atoms with Crippen LogP contribution in [0.3, 0.4) is 0 Å². The summed E-state index contributed by atoms with van der Waals surface area (Å²) in [6, 6.07) is 13.1. The number of likely N-dealkylation sites (N-methyl/N-ethyl adjacent to an activating group) is 1. The summed E-state index contributed by atoms with van der Waals surface area (Å²) in [4.78, 5) is 16.5. The molecule has 7 rings (SSSR count). The summed E-state index contributed by atoms with van der Waals surface area (Å²) in [6.07, 6.45) is 2.16. The van der Waals surface area contributed by atoms with E-state index in [1.807, 2.05) is 30.3 Å². The molecule has 0 amide bonds. The van der Waals surface area contributed by atoms with E-state index in [9.17, 15) is 5.11 Å². The summed E-state index contributed by atoms with van der Waals surface area (Å²) in [5.74, 6) is 0.876. The lowest BCUT2D eigenvalue weighted by molar-refractivity contribution is 0.245. The predicted molar refractivity (Wildman–Crippen MR) is 151 cm³/mol.